The number of nitrogens with zero attached hydrogens (tertiary/aromatic N) is 4. The molecule has 1 fully saturated rings. The van der Waals surface area contributed by atoms with Crippen LogP contribution in [0.4, 0.5) is 27.4 Å². The van der Waals surface area contributed by atoms with Gasteiger partial charge >= 0.3 is 5.69 Å². The van der Waals surface area contributed by atoms with Crippen LogP contribution in [0.1, 0.15) is 25.7 Å². The number of nitro groups is 1. The lowest BCUT2D eigenvalue weighted by atomic mass is 10.2. The maximum absolute atomic E-state index is 14.1. The third kappa shape index (κ3) is 4.04. The Morgan fingerprint density at radius 3 is 2.56 bits per heavy atom. The van der Waals surface area contributed by atoms with Crippen LogP contribution in [0.15, 0.2) is 29.0 Å². The van der Waals surface area contributed by atoms with Gasteiger partial charge in [-0.3, -0.25) is 10.1 Å². The molecule has 7 nitrogen and oxygen atoms in total. The minimum Gasteiger partial charge on any atom is -0.351 e. The number of hydrogen-bond donors (Lipinski definition) is 1. The van der Waals surface area contributed by atoms with Crippen molar-refractivity contribution in [1.29, 1.82) is 0 Å². The van der Waals surface area contributed by atoms with Gasteiger partial charge in [-0.25, -0.2) is 14.4 Å². The molecule has 0 radical (unpaired) electrons. The molecule has 0 saturated carbocycles. The smallest absolute Gasteiger partial charge is 0.351 e. The lowest BCUT2D eigenvalue weighted by Gasteiger charge is -2.21. The molecule has 1 N–H and O–H groups in total. The van der Waals surface area contributed by atoms with Gasteiger partial charge in [-0.05, 0) is 31.0 Å². The van der Waals surface area contributed by atoms with E-state index < -0.39 is 10.7 Å². The summed E-state index contributed by atoms with van der Waals surface area (Å²) in [6.07, 6.45) is 5.40. The number of rotatable bonds is 4. The van der Waals surface area contributed by atoms with Gasteiger partial charge in [0.15, 0.2) is 0 Å². The Bertz CT molecular complexity index is 781. The average molecular weight is 410 g/mol. The molecule has 0 amide bonds. The molecule has 1 aliphatic heterocycles. The Balaban J connectivity index is 1.98. The number of nitrogens with one attached hydrogen (secondary N) is 1. The van der Waals surface area contributed by atoms with Crippen molar-refractivity contribution in [2.45, 2.75) is 25.7 Å². The van der Waals surface area contributed by atoms with Gasteiger partial charge in [0, 0.05) is 17.6 Å². The van der Waals surface area contributed by atoms with E-state index in [1.807, 2.05) is 4.90 Å². The first kappa shape index (κ1) is 17.5. The molecule has 0 atom stereocenters. The SMILES string of the molecule is O=[N+]([O-])c1c(Nc2ccc(Br)cc2F)ncnc1N1CCCCCC1. The molecule has 1 saturated heterocycles. The monoisotopic (exact) mass is 409 g/mol. The lowest BCUT2D eigenvalue weighted by molar-refractivity contribution is -0.383. The summed E-state index contributed by atoms with van der Waals surface area (Å²) < 4.78 is 14.6. The summed E-state index contributed by atoms with van der Waals surface area (Å²) in [5, 5.41) is 14.4. The summed E-state index contributed by atoms with van der Waals surface area (Å²) in [6.45, 7) is 1.42. The summed E-state index contributed by atoms with van der Waals surface area (Å²) in [5.74, 6) is -0.263. The van der Waals surface area contributed by atoms with E-state index in [0.717, 1.165) is 25.7 Å². The topological polar surface area (TPSA) is 84.2 Å². The third-order valence-corrected chi connectivity index (χ3v) is 4.57. The van der Waals surface area contributed by atoms with E-state index in [1.54, 1.807) is 6.07 Å². The zero-order valence-corrected chi connectivity index (χ0v) is 15.0. The van der Waals surface area contributed by atoms with Crippen LogP contribution >= 0.6 is 15.9 Å². The molecule has 0 bridgehead atoms. The zero-order chi connectivity index (χ0) is 17.8. The molecule has 1 aliphatic rings. The van der Waals surface area contributed by atoms with Gasteiger partial charge in [-0.15, -0.1) is 0 Å². The largest absolute Gasteiger partial charge is 0.353 e. The van der Waals surface area contributed by atoms with Crippen LogP contribution < -0.4 is 10.2 Å². The fraction of sp³-hybridized carbons (Fsp3) is 0.375. The Labute approximate surface area is 152 Å². The van der Waals surface area contributed by atoms with Crippen LogP contribution in [0.3, 0.4) is 0 Å². The van der Waals surface area contributed by atoms with E-state index in [1.165, 1.54) is 18.5 Å². The van der Waals surface area contributed by atoms with Crippen LogP contribution in [-0.4, -0.2) is 28.0 Å². The van der Waals surface area contributed by atoms with Gasteiger partial charge < -0.3 is 10.2 Å². The van der Waals surface area contributed by atoms with Crippen molar-refractivity contribution in [3.8, 4) is 0 Å². The molecule has 2 heterocycles. The second-order valence-corrected chi connectivity index (χ2v) is 6.72. The normalized spacial score (nSPS) is 14.9. The van der Waals surface area contributed by atoms with E-state index in [4.69, 9.17) is 0 Å². The van der Waals surface area contributed by atoms with Crippen molar-refractivity contribution < 1.29 is 9.31 Å². The molecule has 0 unspecified atom stereocenters. The first-order valence-corrected chi connectivity index (χ1v) is 8.82. The summed E-state index contributed by atoms with van der Waals surface area (Å²) in [5.41, 5.74) is -0.112. The standard InChI is InChI=1S/C16H17BrFN5O2/c17-11-5-6-13(12(18)9-11)21-15-14(23(24)25)16(20-10-19-15)22-7-3-1-2-4-8-22/h5-6,9-10H,1-4,7-8H2,(H,19,20,21). The first-order valence-electron chi connectivity index (χ1n) is 8.02. The molecular weight excluding hydrogens is 393 g/mol. The van der Waals surface area contributed by atoms with Gasteiger partial charge in [0.05, 0.1) is 10.6 Å². The predicted octanol–water partition coefficient (Wildman–Crippen LogP) is 4.41. The lowest BCUT2D eigenvalue weighted by Crippen LogP contribution is -2.26. The van der Waals surface area contributed by atoms with E-state index in [-0.39, 0.29) is 23.0 Å². The Morgan fingerprint density at radius 1 is 1.20 bits per heavy atom. The van der Waals surface area contributed by atoms with Crippen LogP contribution in [0.2, 0.25) is 0 Å². The van der Waals surface area contributed by atoms with Crippen molar-refractivity contribution in [2.75, 3.05) is 23.3 Å². The molecule has 0 spiro atoms. The fourth-order valence-corrected chi connectivity index (χ4v) is 3.19. The van der Waals surface area contributed by atoms with Crippen molar-refractivity contribution in [3.63, 3.8) is 0 Å². The van der Waals surface area contributed by atoms with Gasteiger partial charge in [-0.1, -0.05) is 28.8 Å². The number of anilines is 3. The highest BCUT2D eigenvalue weighted by Crippen LogP contribution is 2.35. The Morgan fingerprint density at radius 2 is 1.92 bits per heavy atom. The van der Waals surface area contributed by atoms with Gasteiger partial charge in [0.1, 0.15) is 12.1 Å². The van der Waals surface area contributed by atoms with E-state index in [9.17, 15) is 14.5 Å². The second-order valence-electron chi connectivity index (χ2n) is 5.80. The predicted molar refractivity (Wildman–Crippen MR) is 96.8 cm³/mol. The quantitative estimate of drug-likeness (QED) is 0.594. The molecule has 25 heavy (non-hydrogen) atoms. The van der Waals surface area contributed by atoms with Crippen molar-refractivity contribution in [3.05, 3.63) is 44.9 Å². The molecule has 2 aromatic rings. The average Bonchev–Trinajstić information content (AvgIpc) is 2.86. The highest BCUT2D eigenvalue weighted by Gasteiger charge is 2.28. The molecule has 1 aromatic carbocycles. The van der Waals surface area contributed by atoms with E-state index in [0.29, 0.717) is 17.6 Å². The maximum atomic E-state index is 14.1. The number of halogens is 2. The summed E-state index contributed by atoms with van der Waals surface area (Å²) in [7, 11) is 0. The third-order valence-electron chi connectivity index (χ3n) is 4.08. The second kappa shape index (κ2) is 7.73. The molecule has 3 rings (SSSR count). The highest BCUT2D eigenvalue weighted by molar-refractivity contribution is 9.10. The van der Waals surface area contributed by atoms with Crippen LogP contribution in [0.25, 0.3) is 0 Å². The van der Waals surface area contributed by atoms with Gasteiger partial charge in [0.25, 0.3) is 0 Å². The Hall–Kier alpha value is -2.29. The maximum Gasteiger partial charge on any atom is 0.353 e. The minimum absolute atomic E-state index is 0.0135. The van der Waals surface area contributed by atoms with Gasteiger partial charge in [-0.2, -0.15) is 0 Å². The molecule has 0 aliphatic carbocycles. The number of hydrogen-bond acceptors (Lipinski definition) is 6. The molecule has 9 heteroatoms. The zero-order valence-electron chi connectivity index (χ0n) is 13.4. The fourth-order valence-electron chi connectivity index (χ4n) is 2.86. The van der Waals surface area contributed by atoms with Crippen LogP contribution in [-0.2, 0) is 0 Å². The first-order chi connectivity index (χ1) is 12.1. The van der Waals surface area contributed by atoms with Crippen molar-refractivity contribution >= 4 is 38.9 Å². The van der Waals surface area contributed by atoms with Crippen LogP contribution in [0.5, 0.6) is 0 Å². The number of aromatic nitrogens is 2. The van der Waals surface area contributed by atoms with E-state index >= 15 is 0 Å². The van der Waals surface area contributed by atoms with Gasteiger partial charge in [0.2, 0.25) is 11.6 Å². The molecular formula is C16H17BrFN5O2. The minimum atomic E-state index is -0.529. The van der Waals surface area contributed by atoms with Crippen molar-refractivity contribution in [1.82, 2.24) is 9.97 Å². The highest BCUT2D eigenvalue weighted by atomic mass is 79.9. The number of benzene rings is 1. The molecule has 1 aromatic heterocycles. The summed E-state index contributed by atoms with van der Waals surface area (Å²) in [6, 6.07) is 4.43. The van der Waals surface area contributed by atoms with E-state index in [2.05, 4.69) is 31.2 Å². The summed E-state index contributed by atoms with van der Waals surface area (Å²) in [4.78, 5) is 21.2. The van der Waals surface area contributed by atoms with Crippen molar-refractivity contribution in [2.24, 2.45) is 0 Å². The Kier molecular flexibility index (Phi) is 5.42. The summed E-state index contributed by atoms with van der Waals surface area (Å²) >= 11 is 3.18. The molecule has 132 valence electrons. The van der Waals surface area contributed by atoms with Crippen LogP contribution in [0, 0.1) is 15.9 Å².